The van der Waals surface area contributed by atoms with Crippen molar-refractivity contribution >= 4 is 5.91 Å². The number of halogens is 3. The highest BCUT2D eigenvalue weighted by molar-refractivity contribution is 5.83. The van der Waals surface area contributed by atoms with Crippen LogP contribution in [0.3, 0.4) is 0 Å². The monoisotopic (exact) mass is 347 g/mol. The van der Waals surface area contributed by atoms with E-state index in [-0.39, 0.29) is 23.2 Å². The number of piperidine rings is 1. The zero-order valence-electron chi connectivity index (χ0n) is 14.4. The topological polar surface area (TPSA) is 35.6 Å². The summed E-state index contributed by atoms with van der Waals surface area (Å²) in [5.41, 5.74) is 0.228. The minimum Gasteiger partial charge on any atom is -0.342 e. The highest BCUT2D eigenvalue weighted by Gasteiger charge is 2.58. The molecule has 7 heteroatoms. The number of likely N-dealkylation sites (tertiary alicyclic amines) is 1. The third kappa shape index (κ3) is 4.04. The van der Waals surface area contributed by atoms with E-state index in [0.717, 1.165) is 38.8 Å². The van der Waals surface area contributed by atoms with Gasteiger partial charge in [-0.05, 0) is 56.7 Å². The molecule has 4 nitrogen and oxygen atoms in total. The minimum atomic E-state index is -4.15. The second kappa shape index (κ2) is 6.83. The number of amides is 1. The fraction of sp³-hybridized carbons (Fsp3) is 0.941. The van der Waals surface area contributed by atoms with E-state index < -0.39 is 12.7 Å². The zero-order valence-corrected chi connectivity index (χ0v) is 14.4. The Kier molecular flexibility index (Phi) is 5.12. The number of hydrogen-bond donors (Lipinski definition) is 1. The van der Waals surface area contributed by atoms with Gasteiger partial charge >= 0.3 is 6.18 Å². The Morgan fingerprint density at radius 2 is 2.04 bits per heavy atom. The Balaban J connectivity index is 1.48. The van der Waals surface area contributed by atoms with Gasteiger partial charge < -0.3 is 10.2 Å². The second-order valence-electron chi connectivity index (χ2n) is 7.75. The van der Waals surface area contributed by atoms with Gasteiger partial charge in [-0.1, -0.05) is 6.92 Å². The van der Waals surface area contributed by atoms with Gasteiger partial charge in [0.1, 0.15) is 0 Å². The summed E-state index contributed by atoms with van der Waals surface area (Å²) in [6.45, 7) is 5.05. The van der Waals surface area contributed by atoms with E-state index in [9.17, 15) is 18.0 Å². The summed E-state index contributed by atoms with van der Waals surface area (Å²) < 4.78 is 37.7. The number of nitrogens with zero attached hydrogens (tertiary/aromatic N) is 2. The molecule has 0 aromatic heterocycles. The lowest BCUT2D eigenvalue weighted by molar-refractivity contribution is -0.146. The first-order valence-corrected chi connectivity index (χ1v) is 9.11. The van der Waals surface area contributed by atoms with Crippen LogP contribution in [0.25, 0.3) is 0 Å². The lowest BCUT2D eigenvalue weighted by Gasteiger charge is -2.26. The predicted octanol–water partition coefficient (Wildman–Crippen LogP) is 2.11. The number of nitrogens with one attached hydrogen (secondary N) is 1. The van der Waals surface area contributed by atoms with Crippen molar-refractivity contribution in [1.29, 1.82) is 0 Å². The van der Waals surface area contributed by atoms with Crippen LogP contribution in [-0.4, -0.2) is 67.7 Å². The van der Waals surface area contributed by atoms with Crippen molar-refractivity contribution in [3.63, 3.8) is 0 Å². The molecule has 3 aliphatic rings. The van der Waals surface area contributed by atoms with Crippen LogP contribution in [0.2, 0.25) is 0 Å². The molecule has 1 amide bonds. The second-order valence-corrected chi connectivity index (χ2v) is 7.75. The summed E-state index contributed by atoms with van der Waals surface area (Å²) in [5, 5.41) is 3.34. The van der Waals surface area contributed by atoms with Gasteiger partial charge in [0.25, 0.3) is 0 Å². The van der Waals surface area contributed by atoms with E-state index in [1.54, 1.807) is 6.92 Å². The van der Waals surface area contributed by atoms with Gasteiger partial charge in [0.15, 0.2) is 0 Å². The summed E-state index contributed by atoms with van der Waals surface area (Å²) in [6, 6.07) is 0. The Labute approximate surface area is 141 Å². The van der Waals surface area contributed by atoms with Crippen molar-refractivity contribution < 1.29 is 18.0 Å². The Hall–Kier alpha value is -0.820. The lowest BCUT2D eigenvalue weighted by Crippen LogP contribution is -2.39. The Morgan fingerprint density at radius 3 is 2.67 bits per heavy atom. The molecule has 3 fully saturated rings. The van der Waals surface area contributed by atoms with Crippen molar-refractivity contribution in [3.05, 3.63) is 0 Å². The van der Waals surface area contributed by atoms with Crippen LogP contribution in [0.4, 0.5) is 13.2 Å². The van der Waals surface area contributed by atoms with E-state index in [1.807, 2.05) is 4.90 Å². The maximum atomic E-state index is 12.7. The normalized spacial score (nSPS) is 29.5. The Bertz CT molecular complexity index is 462. The maximum Gasteiger partial charge on any atom is 0.401 e. The molecule has 1 N–H and O–H groups in total. The van der Waals surface area contributed by atoms with Gasteiger partial charge in [0.2, 0.25) is 5.91 Å². The number of alkyl halides is 3. The summed E-state index contributed by atoms with van der Waals surface area (Å²) in [4.78, 5) is 16.1. The molecular formula is C17H28F3N3O. The third-order valence-corrected chi connectivity index (χ3v) is 6.05. The van der Waals surface area contributed by atoms with Crippen molar-refractivity contribution in [1.82, 2.24) is 15.1 Å². The van der Waals surface area contributed by atoms with E-state index in [4.69, 9.17) is 0 Å². The van der Waals surface area contributed by atoms with Crippen LogP contribution in [0.1, 0.15) is 32.6 Å². The largest absolute Gasteiger partial charge is 0.401 e. The van der Waals surface area contributed by atoms with Crippen molar-refractivity contribution in [2.45, 2.75) is 38.8 Å². The summed E-state index contributed by atoms with van der Waals surface area (Å²) in [6.07, 6.45) is -0.170. The molecule has 1 spiro atoms. The lowest BCUT2D eigenvalue weighted by atomic mass is 9.91. The SMILES string of the molecule is CCN(CC1CCN(C(=O)C2CC23CCNCC3)C1)CC(F)(F)F. The van der Waals surface area contributed by atoms with Crippen molar-refractivity contribution in [2.24, 2.45) is 17.3 Å². The number of rotatable bonds is 5. The van der Waals surface area contributed by atoms with E-state index in [1.165, 1.54) is 4.90 Å². The molecule has 2 unspecified atom stereocenters. The predicted molar refractivity (Wildman–Crippen MR) is 85.5 cm³/mol. The molecule has 24 heavy (non-hydrogen) atoms. The number of carbonyl (C=O) groups excluding carboxylic acids is 1. The summed E-state index contributed by atoms with van der Waals surface area (Å²) in [7, 11) is 0. The van der Waals surface area contributed by atoms with Crippen LogP contribution in [-0.2, 0) is 4.79 Å². The van der Waals surface area contributed by atoms with Crippen LogP contribution in [0.5, 0.6) is 0 Å². The first-order chi connectivity index (χ1) is 11.3. The first-order valence-electron chi connectivity index (χ1n) is 9.11. The highest BCUT2D eigenvalue weighted by atomic mass is 19.4. The zero-order chi connectivity index (χ0) is 17.4. The quantitative estimate of drug-likeness (QED) is 0.827. The molecule has 0 aromatic carbocycles. The molecule has 2 atom stereocenters. The van der Waals surface area contributed by atoms with Gasteiger partial charge in [-0.15, -0.1) is 0 Å². The molecule has 138 valence electrons. The minimum absolute atomic E-state index is 0.163. The molecule has 0 radical (unpaired) electrons. The average Bonchev–Trinajstić information content (AvgIpc) is 3.00. The van der Waals surface area contributed by atoms with Gasteiger partial charge in [0, 0.05) is 25.6 Å². The molecule has 2 saturated heterocycles. The molecule has 0 aromatic rings. The van der Waals surface area contributed by atoms with Gasteiger partial charge in [-0.2, -0.15) is 13.2 Å². The molecular weight excluding hydrogens is 319 g/mol. The van der Waals surface area contributed by atoms with Crippen molar-refractivity contribution in [3.8, 4) is 0 Å². The van der Waals surface area contributed by atoms with E-state index in [0.29, 0.717) is 26.2 Å². The summed E-state index contributed by atoms with van der Waals surface area (Å²) in [5.74, 6) is 0.577. The van der Waals surface area contributed by atoms with Crippen LogP contribution in [0, 0.1) is 17.3 Å². The molecule has 1 aliphatic carbocycles. The smallest absolute Gasteiger partial charge is 0.342 e. The number of hydrogen-bond acceptors (Lipinski definition) is 3. The number of carbonyl (C=O) groups is 1. The molecule has 1 saturated carbocycles. The highest BCUT2D eigenvalue weighted by Crippen LogP contribution is 2.59. The fourth-order valence-electron chi connectivity index (χ4n) is 4.50. The summed E-state index contributed by atoms with van der Waals surface area (Å²) >= 11 is 0. The standard InChI is InChI=1S/C17H28F3N3O/c1-2-22(12-17(18,19)20)10-13-3-8-23(11-13)15(24)14-9-16(14)4-6-21-7-5-16/h13-14,21H,2-12H2,1H3. The fourth-order valence-corrected chi connectivity index (χ4v) is 4.50. The average molecular weight is 347 g/mol. The molecule has 0 bridgehead atoms. The first kappa shape index (κ1) is 18.0. The maximum absolute atomic E-state index is 12.7. The van der Waals surface area contributed by atoms with E-state index >= 15 is 0 Å². The molecule has 3 rings (SSSR count). The Morgan fingerprint density at radius 1 is 1.33 bits per heavy atom. The van der Waals surface area contributed by atoms with E-state index in [2.05, 4.69) is 5.32 Å². The van der Waals surface area contributed by atoms with Gasteiger partial charge in [0.05, 0.1) is 6.54 Å². The van der Waals surface area contributed by atoms with Gasteiger partial charge in [-0.25, -0.2) is 0 Å². The molecule has 2 aliphatic heterocycles. The van der Waals surface area contributed by atoms with Gasteiger partial charge in [-0.3, -0.25) is 9.69 Å². The van der Waals surface area contributed by atoms with Crippen molar-refractivity contribution in [2.75, 3.05) is 45.8 Å². The van der Waals surface area contributed by atoms with Crippen LogP contribution < -0.4 is 5.32 Å². The van der Waals surface area contributed by atoms with Crippen LogP contribution >= 0.6 is 0 Å². The third-order valence-electron chi connectivity index (χ3n) is 6.05. The molecule has 2 heterocycles. The van der Waals surface area contributed by atoms with Crippen LogP contribution in [0.15, 0.2) is 0 Å².